The van der Waals surface area contributed by atoms with Crippen molar-refractivity contribution < 1.29 is 14.3 Å². The number of amides is 1. The van der Waals surface area contributed by atoms with E-state index in [1.54, 1.807) is 13.8 Å². The largest absolute Gasteiger partial charge is 0.462 e. The van der Waals surface area contributed by atoms with Crippen molar-refractivity contribution in [2.45, 2.75) is 19.9 Å². The zero-order valence-electron chi connectivity index (χ0n) is 10.7. The number of ether oxygens (including phenoxy) is 1. The normalized spacial score (nSPS) is 11.7. The molecule has 0 aliphatic heterocycles. The number of anilines is 2. The van der Waals surface area contributed by atoms with Crippen LogP contribution >= 0.6 is 11.6 Å². The summed E-state index contributed by atoms with van der Waals surface area (Å²) in [5.74, 6) is -1.14. The van der Waals surface area contributed by atoms with Gasteiger partial charge in [0.1, 0.15) is 6.04 Å². The van der Waals surface area contributed by atoms with Crippen LogP contribution in [-0.4, -0.2) is 24.5 Å². The summed E-state index contributed by atoms with van der Waals surface area (Å²) in [4.78, 5) is 22.9. The van der Waals surface area contributed by atoms with Crippen LogP contribution in [0.25, 0.3) is 0 Å². The lowest BCUT2D eigenvalue weighted by molar-refractivity contribution is -0.118. The Labute approximate surface area is 116 Å². The van der Waals surface area contributed by atoms with Crippen LogP contribution in [0.2, 0.25) is 5.02 Å². The number of benzene rings is 1. The van der Waals surface area contributed by atoms with E-state index in [-0.39, 0.29) is 22.9 Å². The minimum absolute atomic E-state index is 0.167. The Morgan fingerprint density at radius 2 is 2.11 bits per heavy atom. The Kier molecular flexibility index (Phi) is 5.00. The van der Waals surface area contributed by atoms with Gasteiger partial charge in [-0.15, -0.1) is 0 Å². The molecule has 1 aromatic carbocycles. The number of halogens is 1. The molecule has 1 aromatic rings. The van der Waals surface area contributed by atoms with Gasteiger partial charge in [0.25, 0.3) is 0 Å². The summed E-state index contributed by atoms with van der Waals surface area (Å²) in [6, 6.07) is 2.22. The summed E-state index contributed by atoms with van der Waals surface area (Å²) in [5, 5.41) is 3.00. The van der Waals surface area contributed by atoms with Crippen molar-refractivity contribution in [2.75, 3.05) is 17.7 Å². The quantitative estimate of drug-likeness (QED) is 0.559. The Balaban J connectivity index is 3.20. The average Bonchev–Trinajstić information content (AvgIpc) is 2.32. The van der Waals surface area contributed by atoms with Crippen LogP contribution in [0.4, 0.5) is 11.4 Å². The monoisotopic (exact) mass is 285 g/mol. The van der Waals surface area contributed by atoms with Gasteiger partial charge in [-0.3, -0.25) is 4.79 Å². The smallest absolute Gasteiger partial charge is 0.340 e. The number of rotatable bonds is 5. The minimum Gasteiger partial charge on any atom is -0.462 e. The number of nitrogens with two attached hydrogens (primary N) is 2. The number of esters is 1. The van der Waals surface area contributed by atoms with Gasteiger partial charge in [0.15, 0.2) is 0 Å². The van der Waals surface area contributed by atoms with Gasteiger partial charge in [-0.05, 0) is 26.0 Å². The first-order chi connectivity index (χ1) is 8.86. The first kappa shape index (κ1) is 15.1. The molecule has 0 aromatic heterocycles. The van der Waals surface area contributed by atoms with Crippen LogP contribution in [0, 0.1) is 0 Å². The lowest BCUT2D eigenvalue weighted by Crippen LogP contribution is -2.33. The van der Waals surface area contributed by atoms with E-state index >= 15 is 0 Å². The highest BCUT2D eigenvalue weighted by Gasteiger charge is 2.19. The van der Waals surface area contributed by atoms with Crippen LogP contribution in [0.15, 0.2) is 12.1 Å². The van der Waals surface area contributed by atoms with Crippen molar-refractivity contribution in [3.8, 4) is 0 Å². The van der Waals surface area contributed by atoms with Crippen molar-refractivity contribution in [2.24, 2.45) is 5.73 Å². The van der Waals surface area contributed by atoms with E-state index in [1.165, 1.54) is 12.1 Å². The van der Waals surface area contributed by atoms with E-state index in [9.17, 15) is 9.59 Å². The van der Waals surface area contributed by atoms with E-state index in [0.29, 0.717) is 5.69 Å². The number of nitrogen functional groups attached to an aromatic ring is 1. The fourth-order valence-corrected chi connectivity index (χ4v) is 1.71. The number of carbonyl (C=O) groups is 2. The molecule has 0 aliphatic carbocycles. The highest BCUT2D eigenvalue weighted by Crippen LogP contribution is 2.30. The Morgan fingerprint density at radius 3 is 2.63 bits per heavy atom. The molecule has 0 heterocycles. The predicted molar refractivity (Wildman–Crippen MR) is 74.1 cm³/mol. The van der Waals surface area contributed by atoms with Crippen LogP contribution < -0.4 is 16.8 Å². The second-order valence-corrected chi connectivity index (χ2v) is 4.32. The van der Waals surface area contributed by atoms with Gasteiger partial charge in [-0.25, -0.2) is 4.79 Å². The predicted octanol–water partition coefficient (Wildman–Crippen LogP) is 1.38. The summed E-state index contributed by atoms with van der Waals surface area (Å²) < 4.78 is 4.91. The third kappa shape index (κ3) is 3.75. The summed E-state index contributed by atoms with van der Waals surface area (Å²) in [5.41, 5.74) is 11.6. The second-order valence-electron chi connectivity index (χ2n) is 3.91. The molecule has 1 amide bonds. The maximum absolute atomic E-state index is 11.8. The third-order valence-corrected chi connectivity index (χ3v) is 2.69. The number of primary amides is 1. The van der Waals surface area contributed by atoms with E-state index in [0.717, 1.165) is 0 Å². The topological polar surface area (TPSA) is 107 Å². The summed E-state index contributed by atoms with van der Waals surface area (Å²) >= 11 is 6.03. The third-order valence-electron chi connectivity index (χ3n) is 2.40. The van der Waals surface area contributed by atoms with Crippen molar-refractivity contribution in [1.82, 2.24) is 0 Å². The van der Waals surface area contributed by atoms with E-state index in [2.05, 4.69) is 5.32 Å². The molecule has 0 aliphatic rings. The molecule has 0 fully saturated rings. The highest BCUT2D eigenvalue weighted by atomic mass is 35.5. The molecule has 19 heavy (non-hydrogen) atoms. The molecule has 7 heteroatoms. The summed E-state index contributed by atoms with van der Waals surface area (Å²) in [6.45, 7) is 3.46. The maximum Gasteiger partial charge on any atom is 0.340 e. The van der Waals surface area contributed by atoms with Gasteiger partial charge in [-0.2, -0.15) is 0 Å². The van der Waals surface area contributed by atoms with Crippen molar-refractivity contribution in [1.29, 1.82) is 0 Å². The molecule has 0 saturated carbocycles. The van der Waals surface area contributed by atoms with Crippen LogP contribution in [0.5, 0.6) is 0 Å². The molecule has 5 N–H and O–H groups in total. The van der Waals surface area contributed by atoms with Crippen molar-refractivity contribution in [3.63, 3.8) is 0 Å². The minimum atomic E-state index is -0.686. The first-order valence-electron chi connectivity index (χ1n) is 5.68. The SMILES string of the molecule is CCOC(=O)c1cc(N)cc(Cl)c1NC(C)C(N)=O. The van der Waals surface area contributed by atoms with Crippen LogP contribution in [-0.2, 0) is 9.53 Å². The zero-order chi connectivity index (χ0) is 14.6. The van der Waals surface area contributed by atoms with Gasteiger partial charge in [0.2, 0.25) is 5.91 Å². The van der Waals surface area contributed by atoms with E-state index in [4.69, 9.17) is 27.8 Å². The number of hydrogen-bond donors (Lipinski definition) is 3. The molecule has 0 spiro atoms. The van der Waals surface area contributed by atoms with E-state index in [1.807, 2.05) is 0 Å². The number of nitrogens with one attached hydrogen (secondary N) is 1. The molecule has 1 unspecified atom stereocenters. The summed E-state index contributed by atoms with van der Waals surface area (Å²) in [7, 11) is 0. The Hall–Kier alpha value is -1.95. The molecule has 0 saturated heterocycles. The molecule has 0 radical (unpaired) electrons. The lowest BCUT2D eigenvalue weighted by Gasteiger charge is -2.17. The van der Waals surface area contributed by atoms with Gasteiger partial charge < -0.3 is 21.5 Å². The maximum atomic E-state index is 11.8. The van der Waals surface area contributed by atoms with Gasteiger partial charge in [-0.1, -0.05) is 11.6 Å². The molecule has 0 bridgehead atoms. The number of hydrogen-bond acceptors (Lipinski definition) is 5. The summed E-state index contributed by atoms with van der Waals surface area (Å²) in [6.07, 6.45) is 0. The molecular formula is C12H16ClN3O3. The Bertz CT molecular complexity index is 505. The molecule has 1 atom stereocenters. The van der Waals surface area contributed by atoms with Crippen LogP contribution in [0.3, 0.4) is 0 Å². The molecule has 104 valence electrons. The Morgan fingerprint density at radius 1 is 1.47 bits per heavy atom. The average molecular weight is 286 g/mol. The van der Waals surface area contributed by atoms with Gasteiger partial charge >= 0.3 is 5.97 Å². The molecule has 6 nitrogen and oxygen atoms in total. The first-order valence-corrected chi connectivity index (χ1v) is 6.06. The van der Waals surface area contributed by atoms with Gasteiger partial charge in [0.05, 0.1) is 22.9 Å². The van der Waals surface area contributed by atoms with Crippen molar-refractivity contribution in [3.05, 3.63) is 22.7 Å². The molecule has 1 rings (SSSR count). The fourth-order valence-electron chi connectivity index (χ4n) is 1.43. The second kappa shape index (κ2) is 6.29. The fraction of sp³-hybridized carbons (Fsp3) is 0.333. The lowest BCUT2D eigenvalue weighted by atomic mass is 10.1. The van der Waals surface area contributed by atoms with Crippen molar-refractivity contribution >= 4 is 34.9 Å². The highest BCUT2D eigenvalue weighted by molar-refractivity contribution is 6.34. The molecular weight excluding hydrogens is 270 g/mol. The van der Waals surface area contributed by atoms with Gasteiger partial charge in [0, 0.05) is 5.69 Å². The standard InChI is InChI=1S/C12H16ClN3O3/c1-3-19-12(18)8-4-7(14)5-9(13)10(8)16-6(2)11(15)17/h4-6,16H,3,14H2,1-2H3,(H2,15,17). The van der Waals surface area contributed by atoms with E-state index < -0.39 is 17.9 Å². The zero-order valence-corrected chi connectivity index (χ0v) is 11.5. The van der Waals surface area contributed by atoms with Crippen LogP contribution in [0.1, 0.15) is 24.2 Å². The number of carbonyl (C=O) groups excluding carboxylic acids is 2.